The smallest absolute Gasteiger partial charge is 0.211 e. The van der Waals surface area contributed by atoms with Crippen LogP contribution in [0.3, 0.4) is 0 Å². The number of hydrogen-bond donors (Lipinski definition) is 1. The number of nitrogens with one attached hydrogen (secondary N) is 1. The molecule has 0 bridgehead atoms. The summed E-state index contributed by atoms with van der Waals surface area (Å²) in [5.41, 5.74) is 1.62. The highest BCUT2D eigenvalue weighted by Crippen LogP contribution is 2.28. The first kappa shape index (κ1) is 15.1. The zero-order valence-corrected chi connectivity index (χ0v) is 13.5. The van der Waals surface area contributed by atoms with Gasteiger partial charge in [0.25, 0.3) is 0 Å². The molecule has 0 unspecified atom stereocenters. The van der Waals surface area contributed by atoms with E-state index < -0.39 is 10.0 Å². The fourth-order valence-electron chi connectivity index (χ4n) is 2.81. The molecule has 0 aliphatic carbocycles. The van der Waals surface area contributed by atoms with Crippen molar-refractivity contribution in [2.45, 2.75) is 25.7 Å². The Balaban J connectivity index is 1.91. The van der Waals surface area contributed by atoms with E-state index in [9.17, 15) is 8.42 Å². The molecule has 22 heavy (non-hydrogen) atoms. The Hall–Kier alpha value is -1.80. The monoisotopic (exact) mass is 321 g/mol. The van der Waals surface area contributed by atoms with Crippen LogP contribution in [0.15, 0.2) is 18.5 Å². The van der Waals surface area contributed by atoms with E-state index in [0.29, 0.717) is 24.7 Å². The molecule has 1 N–H and O–H groups in total. The Morgan fingerprint density at radius 1 is 1.36 bits per heavy atom. The summed E-state index contributed by atoms with van der Waals surface area (Å²) < 4.78 is 25.1. The minimum absolute atomic E-state index is 0.0962. The summed E-state index contributed by atoms with van der Waals surface area (Å²) in [5, 5.41) is 0. The highest BCUT2D eigenvalue weighted by atomic mass is 32.2. The lowest BCUT2D eigenvalue weighted by Crippen LogP contribution is -2.38. The van der Waals surface area contributed by atoms with Crippen molar-refractivity contribution in [3.8, 4) is 11.5 Å². The van der Waals surface area contributed by atoms with Crippen LogP contribution in [-0.4, -0.2) is 52.0 Å². The molecule has 1 aliphatic heterocycles. The molecule has 1 fully saturated rings. The molecule has 0 saturated carbocycles. The van der Waals surface area contributed by atoms with Crippen molar-refractivity contribution in [3.63, 3.8) is 0 Å². The number of H-pyrrole nitrogens is 1. The third-order valence-corrected chi connectivity index (χ3v) is 5.14. The number of nitrogens with zero attached hydrogens (tertiary/aromatic N) is 4. The number of rotatable bonds is 3. The third kappa shape index (κ3) is 3.17. The van der Waals surface area contributed by atoms with E-state index >= 15 is 0 Å². The number of imidazole rings is 1. The maximum absolute atomic E-state index is 11.8. The number of aromatic amines is 1. The van der Waals surface area contributed by atoms with Crippen molar-refractivity contribution in [2.75, 3.05) is 19.3 Å². The Labute approximate surface area is 129 Å². The molecule has 2 aromatic rings. The van der Waals surface area contributed by atoms with Gasteiger partial charge in [0.1, 0.15) is 11.5 Å². The maximum Gasteiger partial charge on any atom is 0.211 e. The standard InChI is InChI=1S/C14H19N5O2S/c1-10-17-12(8-13(18-10)14-15-5-6-16-14)11-4-3-7-19(9-11)22(2,20)21/h5-6,8,11H,3-4,7,9H2,1-2H3,(H,15,16)/t11-/m1/s1. The summed E-state index contributed by atoms with van der Waals surface area (Å²) in [4.78, 5) is 16.2. The molecule has 1 atom stereocenters. The van der Waals surface area contributed by atoms with Gasteiger partial charge in [-0.05, 0) is 25.8 Å². The quantitative estimate of drug-likeness (QED) is 0.920. The summed E-state index contributed by atoms with van der Waals surface area (Å²) in [7, 11) is -3.16. The lowest BCUT2D eigenvalue weighted by atomic mass is 9.95. The minimum Gasteiger partial charge on any atom is -0.343 e. The zero-order valence-electron chi connectivity index (χ0n) is 12.7. The van der Waals surface area contributed by atoms with E-state index in [1.165, 1.54) is 10.6 Å². The zero-order chi connectivity index (χ0) is 15.7. The third-order valence-electron chi connectivity index (χ3n) is 3.87. The molecule has 0 radical (unpaired) electrons. The van der Waals surface area contributed by atoms with Crippen molar-refractivity contribution in [1.29, 1.82) is 0 Å². The van der Waals surface area contributed by atoms with E-state index in [4.69, 9.17) is 0 Å². The molecule has 3 heterocycles. The topological polar surface area (TPSA) is 91.8 Å². The van der Waals surface area contributed by atoms with Gasteiger partial charge in [0.2, 0.25) is 10.0 Å². The van der Waals surface area contributed by atoms with Crippen LogP contribution < -0.4 is 0 Å². The lowest BCUT2D eigenvalue weighted by molar-refractivity contribution is 0.314. The van der Waals surface area contributed by atoms with Gasteiger partial charge in [-0.3, -0.25) is 0 Å². The van der Waals surface area contributed by atoms with Gasteiger partial charge >= 0.3 is 0 Å². The second-order valence-corrected chi connectivity index (χ2v) is 7.61. The van der Waals surface area contributed by atoms with E-state index in [2.05, 4.69) is 19.9 Å². The van der Waals surface area contributed by atoms with Crippen molar-refractivity contribution in [1.82, 2.24) is 24.2 Å². The highest BCUT2D eigenvalue weighted by Gasteiger charge is 2.28. The SMILES string of the molecule is Cc1nc(-c2ncc[nH]2)cc([C@@H]2CCCN(S(C)(=O)=O)C2)n1. The average Bonchev–Trinajstić information content (AvgIpc) is 3.00. The Bertz CT molecular complexity index is 758. The van der Waals surface area contributed by atoms with Gasteiger partial charge in [-0.2, -0.15) is 0 Å². The van der Waals surface area contributed by atoms with Crippen molar-refractivity contribution in [3.05, 3.63) is 30.0 Å². The van der Waals surface area contributed by atoms with Crippen molar-refractivity contribution >= 4 is 10.0 Å². The summed E-state index contributed by atoms with van der Waals surface area (Å²) in [6.07, 6.45) is 6.46. The summed E-state index contributed by atoms with van der Waals surface area (Å²) in [6, 6.07) is 1.91. The van der Waals surface area contributed by atoms with Crippen molar-refractivity contribution < 1.29 is 8.42 Å². The van der Waals surface area contributed by atoms with Crippen LogP contribution in [0.25, 0.3) is 11.5 Å². The molecule has 2 aromatic heterocycles. The Morgan fingerprint density at radius 2 is 2.18 bits per heavy atom. The number of aromatic nitrogens is 4. The molecule has 0 amide bonds. The maximum atomic E-state index is 11.8. The fraction of sp³-hybridized carbons (Fsp3) is 0.500. The molecular formula is C14H19N5O2S. The van der Waals surface area contributed by atoms with Crippen LogP contribution in [0.5, 0.6) is 0 Å². The van der Waals surface area contributed by atoms with E-state index in [0.717, 1.165) is 24.2 Å². The van der Waals surface area contributed by atoms with E-state index in [1.54, 1.807) is 12.4 Å². The van der Waals surface area contributed by atoms with Crippen LogP contribution in [0.4, 0.5) is 0 Å². The molecule has 8 heteroatoms. The number of sulfonamides is 1. The van der Waals surface area contributed by atoms with Crippen LogP contribution in [0, 0.1) is 6.92 Å². The summed E-state index contributed by atoms with van der Waals surface area (Å²) in [5.74, 6) is 1.46. The average molecular weight is 321 g/mol. The molecule has 7 nitrogen and oxygen atoms in total. The number of hydrogen-bond acceptors (Lipinski definition) is 5. The molecule has 0 aromatic carbocycles. The van der Waals surface area contributed by atoms with Gasteiger partial charge in [-0.25, -0.2) is 27.7 Å². The number of aryl methyl sites for hydroxylation is 1. The van der Waals surface area contributed by atoms with Gasteiger partial charge in [0.15, 0.2) is 5.82 Å². The van der Waals surface area contributed by atoms with Crippen LogP contribution in [0.1, 0.15) is 30.3 Å². The molecule has 1 aliphatic rings. The fourth-order valence-corrected chi connectivity index (χ4v) is 3.72. The summed E-state index contributed by atoms with van der Waals surface area (Å²) in [6.45, 7) is 2.91. The Kier molecular flexibility index (Phi) is 3.96. The first-order valence-electron chi connectivity index (χ1n) is 7.24. The predicted octanol–water partition coefficient (Wildman–Crippen LogP) is 1.31. The van der Waals surface area contributed by atoms with Gasteiger partial charge < -0.3 is 4.98 Å². The molecule has 118 valence electrons. The first-order valence-corrected chi connectivity index (χ1v) is 9.09. The van der Waals surface area contributed by atoms with Crippen LogP contribution in [-0.2, 0) is 10.0 Å². The van der Waals surface area contributed by atoms with Crippen molar-refractivity contribution in [2.24, 2.45) is 0 Å². The second kappa shape index (κ2) is 5.77. The van der Waals surface area contributed by atoms with Crippen LogP contribution in [0.2, 0.25) is 0 Å². The number of piperidine rings is 1. The van der Waals surface area contributed by atoms with E-state index in [-0.39, 0.29) is 5.92 Å². The van der Waals surface area contributed by atoms with Gasteiger partial charge in [0.05, 0.1) is 6.26 Å². The normalized spacial score (nSPS) is 20.2. The first-order chi connectivity index (χ1) is 10.4. The lowest BCUT2D eigenvalue weighted by Gasteiger charge is -2.30. The predicted molar refractivity (Wildman–Crippen MR) is 82.7 cm³/mol. The summed E-state index contributed by atoms with van der Waals surface area (Å²) >= 11 is 0. The largest absolute Gasteiger partial charge is 0.343 e. The Morgan fingerprint density at radius 3 is 2.86 bits per heavy atom. The molecule has 1 saturated heterocycles. The molecular weight excluding hydrogens is 302 g/mol. The highest BCUT2D eigenvalue weighted by molar-refractivity contribution is 7.88. The minimum atomic E-state index is -3.16. The molecule has 0 spiro atoms. The van der Waals surface area contributed by atoms with Gasteiger partial charge in [0, 0.05) is 37.1 Å². The van der Waals surface area contributed by atoms with Crippen LogP contribution >= 0.6 is 0 Å². The van der Waals surface area contributed by atoms with Gasteiger partial charge in [-0.1, -0.05) is 0 Å². The van der Waals surface area contributed by atoms with E-state index in [1.807, 2.05) is 13.0 Å². The van der Waals surface area contributed by atoms with Gasteiger partial charge in [-0.15, -0.1) is 0 Å². The molecule has 3 rings (SSSR count). The second-order valence-electron chi connectivity index (χ2n) is 5.62.